The van der Waals surface area contributed by atoms with Crippen LogP contribution in [0.3, 0.4) is 0 Å². The summed E-state index contributed by atoms with van der Waals surface area (Å²) < 4.78 is 13.4. The van der Waals surface area contributed by atoms with E-state index in [-0.39, 0.29) is 11.7 Å². The Morgan fingerprint density at radius 3 is 2.30 bits per heavy atom. The number of nitrogens with one attached hydrogen (secondary N) is 1. The summed E-state index contributed by atoms with van der Waals surface area (Å²) in [6.45, 7) is 1.86. The summed E-state index contributed by atoms with van der Waals surface area (Å²) >= 11 is 11.6. The zero-order valence-corrected chi connectivity index (χ0v) is 16.7. The Bertz CT molecular complexity index is 910. The molecule has 140 valence electrons. The van der Waals surface area contributed by atoms with Crippen molar-refractivity contribution in [1.82, 2.24) is 10.2 Å². The smallest absolute Gasteiger partial charge is 0.253 e. The third kappa shape index (κ3) is 3.82. The van der Waals surface area contributed by atoms with Crippen LogP contribution in [0.25, 0.3) is 0 Å². The topological polar surface area (TPSA) is 35.6 Å². The molecule has 0 aromatic heterocycles. The molecule has 1 N–H and O–H groups in total. The van der Waals surface area contributed by atoms with Crippen LogP contribution in [0.5, 0.6) is 0 Å². The summed E-state index contributed by atoms with van der Waals surface area (Å²) in [4.78, 5) is 16.3. The summed E-state index contributed by atoms with van der Waals surface area (Å²) in [5.74, 6) is -0.475. The number of hydrogen-bond acceptors (Lipinski definition) is 2. The molecule has 1 amide bonds. The largest absolute Gasteiger partial charge is 0.351 e. The van der Waals surface area contributed by atoms with E-state index in [0.29, 0.717) is 21.4 Å². The number of likely N-dealkylation sites (N-methyl/N-ethyl adjacent to an activating group) is 1. The second-order valence-electron chi connectivity index (χ2n) is 6.44. The molecule has 27 heavy (non-hydrogen) atoms. The molecule has 1 atom stereocenters. The van der Waals surface area contributed by atoms with Gasteiger partial charge in [-0.15, -0.1) is 0 Å². The molecule has 2 aromatic rings. The predicted octanol–water partition coefficient (Wildman–Crippen LogP) is 4.28. The molecule has 1 aliphatic rings. The summed E-state index contributed by atoms with van der Waals surface area (Å²) in [6, 6.07) is 12.8. The van der Waals surface area contributed by atoms with E-state index in [1.807, 2.05) is 24.0 Å². The Morgan fingerprint density at radius 2 is 1.74 bits per heavy atom. The lowest BCUT2D eigenvalue weighted by atomic mass is 9.93. The molecular weight excluding hydrogens is 385 g/mol. The first-order chi connectivity index (χ1) is 12.8. The van der Waals surface area contributed by atoms with Gasteiger partial charge in [-0.1, -0.05) is 23.7 Å². The first-order valence-corrected chi connectivity index (χ1v) is 9.12. The van der Waals surface area contributed by atoms with E-state index in [4.69, 9.17) is 23.8 Å². The fourth-order valence-corrected chi connectivity index (χ4v) is 3.55. The van der Waals surface area contributed by atoms with Crippen molar-refractivity contribution in [2.75, 3.05) is 19.0 Å². The summed E-state index contributed by atoms with van der Waals surface area (Å²) in [6.07, 6.45) is 0. The zero-order chi connectivity index (χ0) is 19.7. The molecule has 0 spiro atoms. The lowest BCUT2D eigenvalue weighted by Gasteiger charge is -2.38. The highest BCUT2D eigenvalue weighted by atomic mass is 35.5. The van der Waals surface area contributed by atoms with E-state index >= 15 is 0 Å². The van der Waals surface area contributed by atoms with Crippen LogP contribution < -0.4 is 10.2 Å². The van der Waals surface area contributed by atoms with Crippen molar-refractivity contribution in [3.8, 4) is 0 Å². The van der Waals surface area contributed by atoms with Crippen LogP contribution >= 0.6 is 23.8 Å². The third-order valence-corrected chi connectivity index (χ3v) is 4.96. The Labute approximate surface area is 168 Å². The number of benzene rings is 2. The fraction of sp³-hybridized carbons (Fsp3) is 0.200. The van der Waals surface area contributed by atoms with Crippen LogP contribution in [-0.4, -0.2) is 30.0 Å². The molecular formula is C20H19ClFN3OS. The molecule has 3 rings (SSSR count). The van der Waals surface area contributed by atoms with Crippen LogP contribution in [0, 0.1) is 5.82 Å². The SMILES string of the molecule is CC1=C(C(=O)N(C)C)C(c2ccc(F)cc2)NC(=S)N1c1ccc(Cl)cc1. The number of carbonyl (C=O) groups excluding carboxylic acids is 1. The van der Waals surface area contributed by atoms with Gasteiger partial charge in [-0.25, -0.2) is 4.39 Å². The molecule has 1 unspecified atom stereocenters. The van der Waals surface area contributed by atoms with Gasteiger partial charge < -0.3 is 10.2 Å². The van der Waals surface area contributed by atoms with E-state index in [1.165, 1.54) is 17.0 Å². The summed E-state index contributed by atoms with van der Waals surface area (Å²) in [7, 11) is 3.40. The maximum absolute atomic E-state index is 13.4. The highest BCUT2D eigenvalue weighted by Crippen LogP contribution is 2.34. The van der Waals surface area contributed by atoms with Gasteiger partial charge in [0.1, 0.15) is 5.82 Å². The molecule has 2 aromatic carbocycles. The zero-order valence-electron chi connectivity index (χ0n) is 15.2. The minimum absolute atomic E-state index is 0.143. The number of hydrogen-bond donors (Lipinski definition) is 1. The molecule has 7 heteroatoms. The first-order valence-electron chi connectivity index (χ1n) is 8.33. The minimum Gasteiger partial charge on any atom is -0.351 e. The molecule has 1 heterocycles. The Kier molecular flexibility index (Phi) is 5.48. The van der Waals surface area contributed by atoms with Gasteiger partial charge in [0.2, 0.25) is 0 Å². The van der Waals surface area contributed by atoms with Crippen molar-refractivity contribution < 1.29 is 9.18 Å². The van der Waals surface area contributed by atoms with Gasteiger partial charge >= 0.3 is 0 Å². The van der Waals surface area contributed by atoms with Crippen molar-refractivity contribution in [3.63, 3.8) is 0 Å². The highest BCUT2D eigenvalue weighted by molar-refractivity contribution is 7.80. The van der Waals surface area contributed by atoms with Crippen LogP contribution in [0.15, 0.2) is 59.8 Å². The van der Waals surface area contributed by atoms with Crippen molar-refractivity contribution in [3.05, 3.63) is 76.2 Å². The summed E-state index contributed by atoms with van der Waals surface area (Å²) in [5, 5.41) is 4.30. The minimum atomic E-state index is -0.462. The molecule has 0 bridgehead atoms. The first kappa shape index (κ1) is 19.3. The molecule has 0 saturated carbocycles. The Balaban J connectivity index is 2.14. The van der Waals surface area contributed by atoms with Gasteiger partial charge in [-0.05, 0) is 61.1 Å². The van der Waals surface area contributed by atoms with Crippen molar-refractivity contribution >= 4 is 40.5 Å². The fourth-order valence-electron chi connectivity index (χ4n) is 3.07. The Hall–Kier alpha value is -2.44. The molecule has 4 nitrogen and oxygen atoms in total. The van der Waals surface area contributed by atoms with Crippen molar-refractivity contribution in [2.24, 2.45) is 0 Å². The number of halogens is 2. The van der Waals surface area contributed by atoms with E-state index in [1.54, 1.807) is 38.4 Å². The van der Waals surface area contributed by atoms with Gasteiger partial charge in [0.15, 0.2) is 5.11 Å². The number of allylic oxidation sites excluding steroid dienone is 1. The van der Waals surface area contributed by atoms with Crippen molar-refractivity contribution in [1.29, 1.82) is 0 Å². The van der Waals surface area contributed by atoms with Gasteiger partial charge in [0.05, 0.1) is 11.6 Å². The number of nitrogens with zero attached hydrogens (tertiary/aromatic N) is 2. The standard InChI is InChI=1S/C20H19ClFN3OS/c1-12-17(19(26)24(2)3)18(13-4-8-15(22)9-5-13)23-20(27)25(12)16-10-6-14(21)7-11-16/h4-11,18H,1-3H3,(H,23,27). The second-order valence-corrected chi connectivity index (χ2v) is 7.27. The summed E-state index contributed by atoms with van der Waals surface area (Å²) in [5.41, 5.74) is 2.83. The quantitative estimate of drug-likeness (QED) is 0.776. The van der Waals surface area contributed by atoms with Crippen LogP contribution in [-0.2, 0) is 4.79 Å². The maximum Gasteiger partial charge on any atom is 0.253 e. The second kappa shape index (κ2) is 7.66. The number of amides is 1. The van der Waals surface area contributed by atoms with E-state index in [9.17, 15) is 9.18 Å². The normalized spacial score (nSPS) is 17.0. The van der Waals surface area contributed by atoms with Gasteiger partial charge in [-0.3, -0.25) is 9.69 Å². The molecule has 0 radical (unpaired) electrons. The lowest BCUT2D eigenvalue weighted by molar-refractivity contribution is -0.125. The number of thiocarbonyl (C=S) groups is 1. The average molecular weight is 404 g/mol. The molecule has 0 fully saturated rings. The molecule has 0 aliphatic carbocycles. The van der Waals surface area contributed by atoms with Gasteiger partial charge in [0.25, 0.3) is 5.91 Å². The molecule has 1 aliphatic heterocycles. The lowest BCUT2D eigenvalue weighted by Crippen LogP contribution is -2.49. The predicted molar refractivity (Wildman–Crippen MR) is 110 cm³/mol. The number of rotatable bonds is 3. The number of carbonyl (C=O) groups is 1. The third-order valence-electron chi connectivity index (χ3n) is 4.41. The van der Waals surface area contributed by atoms with E-state index < -0.39 is 6.04 Å². The van der Waals surface area contributed by atoms with Gasteiger partial charge in [0, 0.05) is 30.5 Å². The molecule has 0 saturated heterocycles. The monoisotopic (exact) mass is 403 g/mol. The van der Waals surface area contributed by atoms with Gasteiger partial charge in [-0.2, -0.15) is 0 Å². The highest BCUT2D eigenvalue weighted by Gasteiger charge is 2.35. The van der Waals surface area contributed by atoms with Crippen molar-refractivity contribution in [2.45, 2.75) is 13.0 Å². The maximum atomic E-state index is 13.4. The number of anilines is 1. The van der Waals surface area contributed by atoms with E-state index in [2.05, 4.69) is 5.32 Å². The van der Waals surface area contributed by atoms with Crippen LogP contribution in [0.4, 0.5) is 10.1 Å². The average Bonchev–Trinajstić information content (AvgIpc) is 2.63. The Morgan fingerprint density at radius 1 is 1.15 bits per heavy atom. The van der Waals surface area contributed by atoms with E-state index in [0.717, 1.165) is 11.3 Å². The van der Waals surface area contributed by atoms with Crippen LogP contribution in [0.1, 0.15) is 18.5 Å². The van der Waals surface area contributed by atoms with Crippen LogP contribution in [0.2, 0.25) is 5.02 Å².